The quantitative estimate of drug-likeness (QED) is 0.691. The van der Waals surface area contributed by atoms with Crippen molar-refractivity contribution in [2.45, 2.75) is 13.3 Å². The van der Waals surface area contributed by atoms with E-state index in [0.717, 1.165) is 12.7 Å². The molecule has 0 aliphatic carbocycles. The van der Waals surface area contributed by atoms with Gasteiger partial charge in [0.25, 0.3) is 11.8 Å². The summed E-state index contributed by atoms with van der Waals surface area (Å²) in [4.78, 5) is 24.6. The predicted octanol–water partition coefficient (Wildman–Crippen LogP) is 2.45. The van der Waals surface area contributed by atoms with E-state index in [9.17, 15) is 18.0 Å². The maximum atomic E-state index is 12.4. The van der Waals surface area contributed by atoms with E-state index in [2.05, 4.69) is 15.4 Å². The Morgan fingerprint density at radius 1 is 0.962 bits per heavy atom. The molecule has 0 fully saturated rings. The summed E-state index contributed by atoms with van der Waals surface area (Å²) in [6.07, 6.45) is 1.86. The highest BCUT2D eigenvalue weighted by atomic mass is 32.2. The number of sulfonamides is 1. The number of amides is 2. The monoisotopic (exact) mass is 375 g/mol. The fourth-order valence-electron chi connectivity index (χ4n) is 2.22. The highest BCUT2D eigenvalue weighted by molar-refractivity contribution is 7.92. The van der Waals surface area contributed by atoms with Crippen molar-refractivity contribution in [3.63, 3.8) is 0 Å². The molecule has 0 bridgehead atoms. The van der Waals surface area contributed by atoms with Crippen LogP contribution in [0.3, 0.4) is 0 Å². The first-order valence-corrected chi connectivity index (χ1v) is 9.95. The van der Waals surface area contributed by atoms with Crippen molar-refractivity contribution in [2.75, 3.05) is 22.8 Å². The van der Waals surface area contributed by atoms with Crippen LogP contribution in [-0.4, -0.2) is 33.0 Å². The molecule has 0 aromatic heterocycles. The van der Waals surface area contributed by atoms with Crippen LogP contribution in [0, 0.1) is 0 Å². The normalized spacial score (nSPS) is 10.8. The van der Waals surface area contributed by atoms with Crippen molar-refractivity contribution < 1.29 is 18.0 Å². The summed E-state index contributed by atoms with van der Waals surface area (Å²) < 4.78 is 24.7. The molecule has 3 N–H and O–H groups in total. The minimum Gasteiger partial charge on any atom is -0.352 e. The van der Waals surface area contributed by atoms with Crippen LogP contribution in [0.25, 0.3) is 0 Å². The molecule has 2 amide bonds. The Kier molecular flexibility index (Phi) is 6.35. The fraction of sp³-hybridized carbons (Fsp3) is 0.222. The first-order chi connectivity index (χ1) is 12.3. The second-order valence-electron chi connectivity index (χ2n) is 5.71. The molecule has 0 aliphatic heterocycles. The Balaban J connectivity index is 2.14. The zero-order valence-electron chi connectivity index (χ0n) is 14.6. The third-order valence-corrected chi connectivity index (χ3v) is 4.01. The molecule has 2 aromatic rings. The van der Waals surface area contributed by atoms with E-state index >= 15 is 0 Å². The Bertz CT molecular complexity index is 893. The van der Waals surface area contributed by atoms with Crippen LogP contribution in [0.4, 0.5) is 11.4 Å². The van der Waals surface area contributed by atoms with E-state index in [1.54, 1.807) is 24.3 Å². The Hall–Kier alpha value is -2.87. The van der Waals surface area contributed by atoms with Gasteiger partial charge in [0.15, 0.2) is 0 Å². The predicted molar refractivity (Wildman–Crippen MR) is 102 cm³/mol. The van der Waals surface area contributed by atoms with E-state index in [1.165, 1.54) is 24.3 Å². The summed E-state index contributed by atoms with van der Waals surface area (Å²) in [7, 11) is -3.38. The van der Waals surface area contributed by atoms with Crippen LogP contribution in [0.1, 0.15) is 34.1 Å². The van der Waals surface area contributed by atoms with Crippen molar-refractivity contribution in [1.29, 1.82) is 0 Å². The maximum Gasteiger partial charge on any atom is 0.255 e. The Morgan fingerprint density at radius 3 is 2.23 bits per heavy atom. The van der Waals surface area contributed by atoms with Gasteiger partial charge in [-0.15, -0.1) is 0 Å². The van der Waals surface area contributed by atoms with E-state index in [4.69, 9.17) is 0 Å². The number of carbonyl (C=O) groups is 2. The number of rotatable bonds is 7. The molecule has 0 radical (unpaired) electrons. The summed E-state index contributed by atoms with van der Waals surface area (Å²) in [6.45, 7) is 2.51. The number of para-hydroxylation sites is 1. The highest BCUT2D eigenvalue weighted by Crippen LogP contribution is 2.17. The first-order valence-electron chi connectivity index (χ1n) is 8.06. The van der Waals surface area contributed by atoms with E-state index < -0.39 is 15.9 Å². The van der Waals surface area contributed by atoms with Gasteiger partial charge in [0.1, 0.15) is 0 Å². The van der Waals surface area contributed by atoms with Crippen molar-refractivity contribution in [1.82, 2.24) is 5.32 Å². The van der Waals surface area contributed by atoms with Gasteiger partial charge in [-0.1, -0.05) is 19.1 Å². The fourth-order valence-corrected chi connectivity index (χ4v) is 2.79. The summed E-state index contributed by atoms with van der Waals surface area (Å²) >= 11 is 0. The van der Waals surface area contributed by atoms with Gasteiger partial charge in [-0.2, -0.15) is 0 Å². The molecule has 0 saturated carbocycles. The number of anilines is 2. The molecule has 26 heavy (non-hydrogen) atoms. The molecule has 0 unspecified atom stereocenters. The summed E-state index contributed by atoms with van der Waals surface area (Å²) in [5.74, 6) is -0.651. The molecule has 2 aromatic carbocycles. The van der Waals surface area contributed by atoms with Gasteiger partial charge >= 0.3 is 0 Å². The van der Waals surface area contributed by atoms with E-state index in [-0.39, 0.29) is 5.91 Å². The number of benzene rings is 2. The van der Waals surface area contributed by atoms with Crippen molar-refractivity contribution in [3.05, 3.63) is 59.7 Å². The summed E-state index contributed by atoms with van der Waals surface area (Å²) in [5, 5.41) is 5.49. The number of nitrogens with one attached hydrogen (secondary N) is 3. The third kappa shape index (κ3) is 5.59. The van der Waals surface area contributed by atoms with Crippen LogP contribution in [0.5, 0.6) is 0 Å². The average Bonchev–Trinajstić information content (AvgIpc) is 2.59. The van der Waals surface area contributed by atoms with Crippen LogP contribution in [0.15, 0.2) is 48.5 Å². The standard InChI is InChI=1S/C18H21N3O4S/c1-3-12-19-18(23)15-6-4-5-7-16(15)20-17(22)13-8-10-14(11-9-13)21-26(2,24)25/h4-11,21H,3,12H2,1-2H3,(H,19,23)(H,20,22). The molecular weight excluding hydrogens is 354 g/mol. The molecule has 138 valence electrons. The summed E-state index contributed by atoms with van der Waals surface area (Å²) in [6, 6.07) is 12.7. The summed E-state index contributed by atoms with van der Waals surface area (Å²) in [5.41, 5.74) is 1.49. The molecule has 8 heteroatoms. The van der Waals surface area contributed by atoms with E-state index in [1.807, 2.05) is 6.92 Å². The lowest BCUT2D eigenvalue weighted by atomic mass is 10.1. The molecular formula is C18H21N3O4S. The van der Waals surface area contributed by atoms with Crippen LogP contribution >= 0.6 is 0 Å². The second kappa shape index (κ2) is 8.48. The Morgan fingerprint density at radius 2 is 1.62 bits per heavy atom. The number of hydrogen-bond donors (Lipinski definition) is 3. The van der Waals surface area contributed by atoms with E-state index in [0.29, 0.717) is 29.0 Å². The lowest BCUT2D eigenvalue weighted by Gasteiger charge is -2.11. The maximum absolute atomic E-state index is 12.4. The van der Waals surface area contributed by atoms with Crippen LogP contribution in [-0.2, 0) is 10.0 Å². The van der Waals surface area contributed by atoms with Gasteiger partial charge in [0.2, 0.25) is 10.0 Å². The lowest BCUT2D eigenvalue weighted by Crippen LogP contribution is -2.25. The van der Waals surface area contributed by atoms with Gasteiger partial charge in [-0.25, -0.2) is 8.42 Å². The average molecular weight is 375 g/mol. The first kappa shape index (κ1) is 19.5. The second-order valence-corrected chi connectivity index (χ2v) is 7.46. The third-order valence-electron chi connectivity index (χ3n) is 3.41. The topological polar surface area (TPSA) is 104 Å². The SMILES string of the molecule is CCCNC(=O)c1ccccc1NC(=O)c1ccc(NS(C)(=O)=O)cc1. The van der Waals surface area contributed by atoms with Gasteiger partial charge < -0.3 is 10.6 Å². The molecule has 2 rings (SSSR count). The smallest absolute Gasteiger partial charge is 0.255 e. The zero-order valence-corrected chi connectivity index (χ0v) is 15.4. The molecule has 0 spiro atoms. The number of hydrogen-bond acceptors (Lipinski definition) is 4. The van der Waals surface area contributed by atoms with Gasteiger partial charge in [0, 0.05) is 17.8 Å². The largest absolute Gasteiger partial charge is 0.352 e. The highest BCUT2D eigenvalue weighted by Gasteiger charge is 2.14. The van der Waals surface area contributed by atoms with Gasteiger partial charge in [-0.3, -0.25) is 14.3 Å². The van der Waals surface area contributed by atoms with Gasteiger partial charge in [0.05, 0.1) is 17.5 Å². The molecule has 7 nitrogen and oxygen atoms in total. The lowest BCUT2D eigenvalue weighted by molar-refractivity contribution is 0.0954. The van der Waals surface area contributed by atoms with Gasteiger partial charge in [-0.05, 0) is 42.8 Å². The van der Waals surface area contributed by atoms with Crippen molar-refractivity contribution in [3.8, 4) is 0 Å². The molecule has 0 aliphatic rings. The Labute approximate surface area is 152 Å². The minimum absolute atomic E-state index is 0.254. The van der Waals surface area contributed by atoms with Crippen LogP contribution < -0.4 is 15.4 Å². The van der Waals surface area contributed by atoms with Crippen molar-refractivity contribution >= 4 is 33.2 Å². The minimum atomic E-state index is -3.38. The molecule has 0 atom stereocenters. The zero-order chi connectivity index (χ0) is 19.2. The molecule has 0 heterocycles. The van der Waals surface area contributed by atoms with Crippen LogP contribution in [0.2, 0.25) is 0 Å². The molecule has 0 saturated heterocycles. The van der Waals surface area contributed by atoms with Crippen molar-refractivity contribution in [2.24, 2.45) is 0 Å². The number of carbonyl (C=O) groups excluding carboxylic acids is 2.